The molecule has 0 radical (unpaired) electrons. The van der Waals surface area contributed by atoms with Crippen molar-refractivity contribution >= 4 is 44.4 Å². The fourth-order valence-electron chi connectivity index (χ4n) is 1.81. The van der Waals surface area contributed by atoms with Crippen molar-refractivity contribution in [3.8, 4) is 9.88 Å². The van der Waals surface area contributed by atoms with Crippen molar-refractivity contribution in [2.75, 3.05) is 0 Å². The Labute approximate surface area is 109 Å². The lowest BCUT2D eigenvalue weighted by atomic mass is 10.0. The van der Waals surface area contributed by atoms with Gasteiger partial charge in [-0.1, -0.05) is 0 Å². The molecule has 2 heterocycles. The van der Waals surface area contributed by atoms with Crippen molar-refractivity contribution in [1.29, 1.82) is 0 Å². The Hall–Kier alpha value is -0.520. The highest BCUT2D eigenvalue weighted by Crippen LogP contribution is 2.38. The number of carbonyl (C=O) groups excluding carboxylic acids is 1. The van der Waals surface area contributed by atoms with E-state index in [4.69, 9.17) is 0 Å². The number of nitrogens with zero attached hydrogens (tertiary/aromatic N) is 1. The highest BCUT2D eigenvalue weighted by molar-refractivity contribution is 9.10. The first kappa shape index (κ1) is 10.6. The summed E-state index contributed by atoms with van der Waals surface area (Å²) < 4.78 is 1.07. The number of hydrogen-bond donors (Lipinski definition) is 0. The van der Waals surface area contributed by atoms with Gasteiger partial charge in [-0.25, -0.2) is 4.98 Å². The van der Waals surface area contributed by atoms with Gasteiger partial charge in [0.15, 0.2) is 5.78 Å². The van der Waals surface area contributed by atoms with Crippen LogP contribution in [0.15, 0.2) is 15.9 Å². The zero-order valence-corrected chi connectivity index (χ0v) is 11.5. The molecule has 2 nitrogen and oxygen atoms in total. The molecule has 2 aromatic heterocycles. The monoisotopic (exact) mass is 313 g/mol. The number of aryl methyl sites for hydroxylation is 1. The van der Waals surface area contributed by atoms with Crippen LogP contribution in [0.25, 0.3) is 9.88 Å². The van der Waals surface area contributed by atoms with Gasteiger partial charge in [0.05, 0.1) is 15.4 Å². The summed E-state index contributed by atoms with van der Waals surface area (Å²) in [4.78, 5) is 18.3. The van der Waals surface area contributed by atoms with Crippen LogP contribution in [0.4, 0.5) is 0 Å². The summed E-state index contributed by atoms with van der Waals surface area (Å²) in [5, 5.41) is 3.00. The number of carbonyl (C=O) groups is 1. The maximum atomic E-state index is 11.7. The van der Waals surface area contributed by atoms with E-state index in [-0.39, 0.29) is 5.78 Å². The minimum atomic E-state index is 0.262. The Morgan fingerprint density at radius 1 is 1.31 bits per heavy atom. The molecular formula is C11H8BrNOS2. The Morgan fingerprint density at radius 3 is 2.88 bits per heavy atom. The largest absolute Gasteiger partial charge is 0.293 e. The van der Waals surface area contributed by atoms with E-state index in [1.807, 2.05) is 11.4 Å². The molecule has 82 valence electrons. The summed E-state index contributed by atoms with van der Waals surface area (Å²) in [5.74, 6) is 0.262. The number of aromatic nitrogens is 1. The molecule has 16 heavy (non-hydrogen) atoms. The molecule has 3 rings (SSSR count). The molecule has 1 aliphatic rings. The van der Waals surface area contributed by atoms with E-state index < -0.39 is 0 Å². The third-order valence-electron chi connectivity index (χ3n) is 2.58. The second kappa shape index (κ2) is 4.05. The lowest BCUT2D eigenvalue weighted by Gasteiger charge is -2.06. The minimum absolute atomic E-state index is 0.262. The first-order valence-electron chi connectivity index (χ1n) is 5.02. The first-order chi connectivity index (χ1) is 7.75. The predicted molar refractivity (Wildman–Crippen MR) is 70.4 cm³/mol. The van der Waals surface area contributed by atoms with E-state index in [9.17, 15) is 4.79 Å². The number of hydrogen-bond acceptors (Lipinski definition) is 4. The third-order valence-corrected chi connectivity index (χ3v) is 5.71. The van der Waals surface area contributed by atoms with E-state index in [0.29, 0.717) is 6.42 Å². The highest BCUT2D eigenvalue weighted by atomic mass is 79.9. The molecule has 5 heteroatoms. The molecule has 0 saturated carbocycles. The summed E-state index contributed by atoms with van der Waals surface area (Å²) >= 11 is 6.70. The molecule has 0 unspecified atom stereocenters. The molecule has 1 aliphatic carbocycles. The number of thiophene rings is 1. The van der Waals surface area contributed by atoms with Crippen molar-refractivity contribution in [3.63, 3.8) is 0 Å². The molecular weight excluding hydrogens is 306 g/mol. The summed E-state index contributed by atoms with van der Waals surface area (Å²) in [5.41, 5.74) is 0.997. The second-order valence-corrected chi connectivity index (χ2v) is 6.44. The molecule has 0 aliphatic heterocycles. The molecule has 0 saturated heterocycles. The van der Waals surface area contributed by atoms with Crippen molar-refractivity contribution in [1.82, 2.24) is 4.98 Å². The molecule has 0 atom stereocenters. The predicted octanol–water partition coefficient (Wildman–Crippen LogP) is 4.15. The SMILES string of the molecule is O=C1CCCc2nc(-c3sccc3Br)sc21. The Bertz CT molecular complexity index is 558. The average molecular weight is 314 g/mol. The van der Waals surface area contributed by atoms with Gasteiger partial charge in [0, 0.05) is 10.9 Å². The van der Waals surface area contributed by atoms with Gasteiger partial charge in [0.25, 0.3) is 0 Å². The lowest BCUT2D eigenvalue weighted by molar-refractivity contribution is 0.0976. The normalized spacial score (nSPS) is 15.2. The fourth-order valence-corrected chi connectivity index (χ4v) is 4.69. The van der Waals surface area contributed by atoms with Gasteiger partial charge in [-0.05, 0) is 40.2 Å². The second-order valence-electron chi connectivity index (χ2n) is 3.67. The quantitative estimate of drug-likeness (QED) is 0.791. The number of thiazole rings is 1. The number of ketones is 1. The minimum Gasteiger partial charge on any atom is -0.293 e. The van der Waals surface area contributed by atoms with Gasteiger partial charge < -0.3 is 0 Å². The van der Waals surface area contributed by atoms with Crippen LogP contribution in [0.1, 0.15) is 28.2 Å². The van der Waals surface area contributed by atoms with Gasteiger partial charge >= 0.3 is 0 Å². The third kappa shape index (κ3) is 1.67. The average Bonchev–Trinajstić information content (AvgIpc) is 2.84. The smallest absolute Gasteiger partial charge is 0.174 e. The van der Waals surface area contributed by atoms with Gasteiger partial charge in [-0.3, -0.25) is 4.79 Å². The molecule has 0 spiro atoms. The van der Waals surface area contributed by atoms with Crippen LogP contribution < -0.4 is 0 Å². The summed E-state index contributed by atoms with van der Waals surface area (Å²) in [7, 11) is 0. The van der Waals surface area contributed by atoms with Gasteiger partial charge in [-0.2, -0.15) is 0 Å². The first-order valence-corrected chi connectivity index (χ1v) is 7.51. The number of Topliss-reactive ketones (excluding diaryl/α,β-unsaturated/α-hetero) is 1. The van der Waals surface area contributed by atoms with Crippen molar-refractivity contribution < 1.29 is 4.79 Å². The van der Waals surface area contributed by atoms with E-state index >= 15 is 0 Å². The number of halogens is 1. The van der Waals surface area contributed by atoms with Crippen molar-refractivity contribution in [2.45, 2.75) is 19.3 Å². The summed E-state index contributed by atoms with van der Waals surface area (Å²) in [6.07, 6.45) is 2.57. The fraction of sp³-hybridized carbons (Fsp3) is 0.273. The molecule has 0 amide bonds. The highest BCUT2D eigenvalue weighted by Gasteiger charge is 2.23. The van der Waals surface area contributed by atoms with E-state index in [2.05, 4.69) is 20.9 Å². The van der Waals surface area contributed by atoms with Gasteiger partial charge in [0.2, 0.25) is 0 Å². The summed E-state index contributed by atoms with van der Waals surface area (Å²) in [6, 6.07) is 2.02. The maximum Gasteiger partial charge on any atom is 0.174 e. The van der Waals surface area contributed by atoms with Gasteiger partial charge in [0.1, 0.15) is 5.01 Å². The van der Waals surface area contributed by atoms with Crippen LogP contribution in [0.3, 0.4) is 0 Å². The maximum absolute atomic E-state index is 11.7. The van der Waals surface area contributed by atoms with Crippen LogP contribution in [0.5, 0.6) is 0 Å². The Balaban J connectivity index is 2.11. The van der Waals surface area contributed by atoms with Crippen LogP contribution in [0.2, 0.25) is 0 Å². The molecule has 2 aromatic rings. The van der Waals surface area contributed by atoms with Crippen molar-refractivity contribution in [3.05, 3.63) is 26.5 Å². The molecule has 0 bridgehead atoms. The van der Waals surface area contributed by atoms with Crippen LogP contribution in [-0.4, -0.2) is 10.8 Å². The van der Waals surface area contributed by atoms with E-state index in [0.717, 1.165) is 37.8 Å². The summed E-state index contributed by atoms with van der Waals surface area (Å²) in [6.45, 7) is 0. The number of rotatable bonds is 1. The van der Waals surface area contributed by atoms with Crippen molar-refractivity contribution in [2.24, 2.45) is 0 Å². The van der Waals surface area contributed by atoms with Crippen LogP contribution in [-0.2, 0) is 6.42 Å². The molecule has 0 N–H and O–H groups in total. The zero-order valence-electron chi connectivity index (χ0n) is 8.33. The van der Waals surface area contributed by atoms with Gasteiger partial charge in [-0.15, -0.1) is 22.7 Å². The lowest BCUT2D eigenvalue weighted by Crippen LogP contribution is -2.07. The standard InChI is InChI=1S/C11H8BrNOS2/c12-6-4-5-15-9(6)11-13-7-2-1-3-8(14)10(7)16-11/h4-5H,1-3H2. The van der Waals surface area contributed by atoms with E-state index in [1.165, 1.54) is 11.3 Å². The van der Waals surface area contributed by atoms with Crippen LogP contribution in [0, 0.1) is 0 Å². The molecule has 0 aromatic carbocycles. The van der Waals surface area contributed by atoms with E-state index in [1.54, 1.807) is 11.3 Å². The zero-order chi connectivity index (χ0) is 11.1. The topological polar surface area (TPSA) is 30.0 Å². The Morgan fingerprint density at radius 2 is 2.19 bits per heavy atom. The Kier molecular flexibility index (Phi) is 2.69. The van der Waals surface area contributed by atoms with Crippen LogP contribution >= 0.6 is 38.6 Å². The molecule has 0 fully saturated rings. The number of fused-ring (bicyclic) bond motifs is 1.